The van der Waals surface area contributed by atoms with Crippen molar-refractivity contribution in [1.82, 2.24) is 5.32 Å². The van der Waals surface area contributed by atoms with Crippen molar-refractivity contribution in [1.29, 1.82) is 0 Å². The summed E-state index contributed by atoms with van der Waals surface area (Å²) < 4.78 is 5.28. The SMILES string of the molecule is CBr.CCC1CC[NH+](CC(=O)C2=CCCC=C2)CC1.O=C(NC(C(=O)O)c1ccccc1)OC1CCCCC1. The molecule has 1 atom stereocenters. The van der Waals surface area contributed by atoms with Crippen molar-refractivity contribution in [3.63, 3.8) is 0 Å². The molecule has 1 aliphatic heterocycles. The number of rotatable bonds is 8. The van der Waals surface area contributed by atoms with Crippen LogP contribution in [0.5, 0.6) is 0 Å². The maximum atomic E-state index is 12.1. The number of carboxylic acids is 1. The summed E-state index contributed by atoms with van der Waals surface area (Å²) in [5, 5.41) is 11.6. The first-order valence-corrected chi connectivity index (χ1v) is 15.9. The largest absolute Gasteiger partial charge is 0.479 e. The molecule has 1 heterocycles. The molecule has 216 valence electrons. The molecule has 1 saturated carbocycles. The predicted octanol–water partition coefficient (Wildman–Crippen LogP) is 5.42. The summed E-state index contributed by atoms with van der Waals surface area (Å²) in [6.07, 6.45) is 16.5. The zero-order valence-corrected chi connectivity index (χ0v) is 25.1. The van der Waals surface area contributed by atoms with Crippen molar-refractivity contribution in [3.05, 3.63) is 59.7 Å². The third kappa shape index (κ3) is 12.1. The van der Waals surface area contributed by atoms with E-state index in [1.165, 1.54) is 43.7 Å². The molecule has 0 bridgehead atoms. The number of ether oxygens (including phenoxy) is 1. The highest BCUT2D eigenvalue weighted by Gasteiger charge is 2.25. The van der Waals surface area contributed by atoms with E-state index in [1.54, 1.807) is 30.3 Å². The van der Waals surface area contributed by atoms with Gasteiger partial charge in [0.1, 0.15) is 12.6 Å². The fraction of sp³-hybridized carbons (Fsp3) is 0.581. The van der Waals surface area contributed by atoms with Crippen LogP contribution in [-0.2, 0) is 14.3 Å². The topological polar surface area (TPSA) is 97.1 Å². The van der Waals surface area contributed by atoms with E-state index in [9.17, 15) is 19.5 Å². The molecular weight excluding hydrogens is 560 g/mol. The Labute approximate surface area is 242 Å². The first kappa shape index (κ1) is 32.8. The second-order valence-corrected chi connectivity index (χ2v) is 10.3. The number of piperidine rings is 1. The average molecular weight is 607 g/mol. The molecule has 1 aromatic carbocycles. The molecule has 0 aromatic heterocycles. The highest BCUT2D eigenvalue weighted by atomic mass is 79.9. The smallest absolute Gasteiger partial charge is 0.408 e. The summed E-state index contributed by atoms with van der Waals surface area (Å²) in [4.78, 5) is 36.6. The number of Topliss-reactive ketones (excluding diaryl/α,β-unsaturated/α-hetero) is 1. The maximum absolute atomic E-state index is 12.1. The minimum Gasteiger partial charge on any atom is -0.479 e. The van der Waals surface area contributed by atoms with E-state index in [1.807, 2.05) is 11.9 Å². The van der Waals surface area contributed by atoms with Gasteiger partial charge in [-0.25, -0.2) is 9.59 Å². The Hall–Kier alpha value is -2.45. The number of hydrogen-bond donors (Lipinski definition) is 3. The lowest BCUT2D eigenvalue weighted by molar-refractivity contribution is -0.898. The van der Waals surface area contributed by atoms with Crippen LogP contribution in [0.2, 0.25) is 0 Å². The molecule has 1 aromatic rings. The molecule has 1 saturated heterocycles. The van der Waals surface area contributed by atoms with E-state index in [4.69, 9.17) is 4.74 Å². The molecular formula is C31H46BrN2O5+. The number of nitrogens with one attached hydrogen (secondary N) is 2. The van der Waals surface area contributed by atoms with Crippen molar-refractivity contribution in [2.45, 2.75) is 83.3 Å². The number of carboxylic acid groups (broad SMARTS) is 1. The van der Waals surface area contributed by atoms with Gasteiger partial charge in [-0.3, -0.25) is 4.79 Å². The Kier molecular flexibility index (Phi) is 15.8. The summed E-state index contributed by atoms with van der Waals surface area (Å²) in [5.74, 6) is 1.96. The van der Waals surface area contributed by atoms with E-state index in [2.05, 4.69) is 40.3 Å². The predicted molar refractivity (Wildman–Crippen MR) is 158 cm³/mol. The summed E-state index contributed by atoms with van der Waals surface area (Å²) in [6.45, 7) is 5.34. The third-order valence-electron chi connectivity index (χ3n) is 7.59. The van der Waals surface area contributed by atoms with Crippen LogP contribution >= 0.6 is 15.9 Å². The van der Waals surface area contributed by atoms with Crippen LogP contribution in [0, 0.1) is 5.92 Å². The van der Waals surface area contributed by atoms with Gasteiger partial charge >= 0.3 is 12.1 Å². The number of halogens is 1. The normalized spacial score (nSPS) is 21.6. The molecule has 8 heteroatoms. The molecule has 0 spiro atoms. The van der Waals surface area contributed by atoms with Gasteiger partial charge in [-0.05, 0) is 68.7 Å². The van der Waals surface area contributed by atoms with Gasteiger partial charge in [0.2, 0.25) is 5.78 Å². The number of hydrogen-bond acceptors (Lipinski definition) is 4. The van der Waals surface area contributed by atoms with Crippen LogP contribution in [0.15, 0.2) is 54.1 Å². The van der Waals surface area contributed by atoms with Gasteiger partial charge in [0.25, 0.3) is 0 Å². The highest BCUT2D eigenvalue weighted by molar-refractivity contribution is 9.08. The Morgan fingerprint density at radius 1 is 1.03 bits per heavy atom. The minimum atomic E-state index is -1.10. The summed E-state index contributed by atoms with van der Waals surface area (Å²) >= 11 is 2.94. The van der Waals surface area contributed by atoms with Gasteiger partial charge < -0.3 is 20.1 Å². The van der Waals surface area contributed by atoms with E-state index < -0.39 is 18.1 Å². The number of benzene rings is 1. The van der Waals surface area contributed by atoms with Gasteiger partial charge in [-0.2, -0.15) is 0 Å². The summed E-state index contributed by atoms with van der Waals surface area (Å²) in [5.41, 5.74) is 1.47. The Balaban J connectivity index is 0.000000260. The lowest BCUT2D eigenvalue weighted by Gasteiger charge is -2.28. The molecule has 1 unspecified atom stereocenters. The number of carbonyl (C=O) groups is 3. The van der Waals surface area contributed by atoms with Crippen LogP contribution in [-0.4, -0.2) is 54.5 Å². The van der Waals surface area contributed by atoms with Crippen LogP contribution in [0.1, 0.15) is 82.7 Å². The molecule has 7 nitrogen and oxygen atoms in total. The Morgan fingerprint density at radius 2 is 1.69 bits per heavy atom. The fourth-order valence-corrected chi connectivity index (χ4v) is 5.24. The number of ketones is 1. The molecule has 2 fully saturated rings. The number of alkyl halides is 1. The second kappa shape index (κ2) is 18.8. The van der Waals surface area contributed by atoms with Gasteiger partial charge in [0.15, 0.2) is 6.04 Å². The number of amides is 1. The Bertz CT molecular complexity index is 936. The van der Waals surface area contributed by atoms with Gasteiger partial charge in [0.05, 0.1) is 13.1 Å². The lowest BCUT2D eigenvalue weighted by atomic mass is 9.94. The lowest BCUT2D eigenvalue weighted by Crippen LogP contribution is -3.14. The maximum Gasteiger partial charge on any atom is 0.408 e. The molecule has 2 aliphatic carbocycles. The summed E-state index contributed by atoms with van der Waals surface area (Å²) in [7, 11) is 0. The first-order chi connectivity index (χ1) is 19.0. The molecule has 3 N–H and O–H groups in total. The number of aliphatic carboxylic acids is 1. The number of carbonyl (C=O) groups excluding carboxylic acids is 2. The quantitative estimate of drug-likeness (QED) is 0.344. The van der Waals surface area contributed by atoms with E-state index in [0.717, 1.165) is 50.0 Å². The standard InChI is InChI=1S/C15H19NO4.C15H23NO.CH3Br/c17-14(18)13(11-7-3-1-4-8-11)16-15(19)20-12-9-5-2-6-10-12;1-2-13-8-10-16(11-9-13)12-15(17)14-6-4-3-5-7-14;1-2/h1,3-4,7-8,12-13H,2,5-6,9-10H2,(H,16,19)(H,17,18);4,6-7,13H,2-3,5,8-12H2,1H3;1H3/p+1. The molecule has 3 aliphatic rings. The number of alkyl carbamates (subject to hydrolysis) is 1. The van der Waals surface area contributed by atoms with Crippen molar-refractivity contribution >= 4 is 33.8 Å². The van der Waals surface area contributed by atoms with Gasteiger partial charge in [-0.15, -0.1) is 0 Å². The van der Waals surface area contributed by atoms with E-state index in [-0.39, 0.29) is 6.10 Å². The van der Waals surface area contributed by atoms with E-state index >= 15 is 0 Å². The number of quaternary nitrogens is 1. The van der Waals surface area contributed by atoms with Crippen LogP contribution in [0.25, 0.3) is 0 Å². The van der Waals surface area contributed by atoms with Crippen LogP contribution in [0.4, 0.5) is 4.79 Å². The zero-order chi connectivity index (χ0) is 28.5. The Morgan fingerprint density at radius 3 is 2.26 bits per heavy atom. The summed E-state index contributed by atoms with van der Waals surface area (Å²) in [6, 6.07) is 7.52. The van der Waals surface area contributed by atoms with Crippen LogP contribution in [0.3, 0.4) is 0 Å². The average Bonchev–Trinajstić information content (AvgIpc) is 2.99. The highest BCUT2D eigenvalue weighted by Crippen LogP contribution is 2.21. The van der Waals surface area contributed by atoms with Crippen molar-refractivity contribution in [3.8, 4) is 0 Å². The third-order valence-corrected chi connectivity index (χ3v) is 7.59. The van der Waals surface area contributed by atoms with Crippen LogP contribution < -0.4 is 10.2 Å². The van der Waals surface area contributed by atoms with Crippen molar-refractivity contribution < 1.29 is 29.1 Å². The monoisotopic (exact) mass is 605 g/mol. The molecule has 4 rings (SSSR count). The second-order valence-electron chi connectivity index (χ2n) is 10.3. The number of allylic oxidation sites excluding steroid dienone is 3. The fourth-order valence-electron chi connectivity index (χ4n) is 5.24. The molecule has 39 heavy (non-hydrogen) atoms. The molecule has 1 amide bonds. The van der Waals surface area contributed by atoms with Crippen molar-refractivity contribution in [2.24, 2.45) is 5.92 Å². The first-order valence-electron chi connectivity index (χ1n) is 14.3. The van der Waals surface area contributed by atoms with E-state index in [0.29, 0.717) is 17.9 Å². The zero-order valence-electron chi connectivity index (χ0n) is 23.5. The van der Waals surface area contributed by atoms with Gasteiger partial charge in [0, 0.05) is 5.57 Å². The van der Waals surface area contributed by atoms with Crippen molar-refractivity contribution in [2.75, 3.05) is 25.5 Å². The minimum absolute atomic E-state index is 0.0889. The number of likely N-dealkylation sites (tertiary alicyclic amines) is 1. The molecule has 0 radical (unpaired) electrons. The van der Waals surface area contributed by atoms with Gasteiger partial charge in [-0.1, -0.05) is 84.3 Å².